The first-order valence-corrected chi connectivity index (χ1v) is 6.84. The number of aryl methyl sites for hydroxylation is 1. The summed E-state index contributed by atoms with van der Waals surface area (Å²) in [5.41, 5.74) is 3.38. The highest BCUT2D eigenvalue weighted by atomic mass is 16.2. The standard InChI is InChI=1S/C16H17N3O/c1-12-6-4-9-18-15(12)16(20)19-11-5-10-17-13-7-2-3-8-14(13)19/h2-4,6-9,17H,5,10-11H2,1H3. The number of para-hydroxylation sites is 2. The summed E-state index contributed by atoms with van der Waals surface area (Å²) < 4.78 is 0. The fraction of sp³-hybridized carbons (Fsp3) is 0.250. The van der Waals surface area contributed by atoms with Crippen LogP contribution in [-0.2, 0) is 0 Å². The van der Waals surface area contributed by atoms with Crippen molar-refractivity contribution >= 4 is 17.3 Å². The van der Waals surface area contributed by atoms with Gasteiger partial charge in [0.2, 0.25) is 0 Å². The van der Waals surface area contributed by atoms with Gasteiger partial charge in [0.05, 0.1) is 11.4 Å². The highest BCUT2D eigenvalue weighted by molar-refractivity contribution is 6.07. The molecule has 4 nitrogen and oxygen atoms in total. The molecule has 4 heteroatoms. The number of rotatable bonds is 1. The lowest BCUT2D eigenvalue weighted by molar-refractivity contribution is 0.0982. The van der Waals surface area contributed by atoms with Gasteiger partial charge in [-0.15, -0.1) is 0 Å². The predicted octanol–water partition coefficient (Wildman–Crippen LogP) is 2.85. The van der Waals surface area contributed by atoms with Crippen LogP contribution in [0.25, 0.3) is 0 Å². The number of carbonyl (C=O) groups excluding carboxylic acids is 1. The van der Waals surface area contributed by atoms with Gasteiger partial charge >= 0.3 is 0 Å². The highest BCUT2D eigenvalue weighted by Gasteiger charge is 2.23. The Kier molecular flexibility index (Phi) is 3.37. The fourth-order valence-electron chi connectivity index (χ4n) is 2.49. The van der Waals surface area contributed by atoms with Crippen LogP contribution >= 0.6 is 0 Å². The zero-order valence-electron chi connectivity index (χ0n) is 11.5. The van der Waals surface area contributed by atoms with E-state index in [-0.39, 0.29) is 5.91 Å². The highest BCUT2D eigenvalue weighted by Crippen LogP contribution is 2.29. The van der Waals surface area contributed by atoms with Crippen LogP contribution in [0.5, 0.6) is 0 Å². The molecule has 1 aliphatic rings. The number of anilines is 2. The number of amides is 1. The van der Waals surface area contributed by atoms with Crippen LogP contribution in [0.2, 0.25) is 0 Å². The van der Waals surface area contributed by atoms with Gasteiger partial charge in [-0.3, -0.25) is 9.78 Å². The zero-order valence-corrected chi connectivity index (χ0v) is 11.5. The van der Waals surface area contributed by atoms with E-state index in [0.29, 0.717) is 12.2 Å². The van der Waals surface area contributed by atoms with E-state index in [4.69, 9.17) is 0 Å². The molecule has 1 aromatic heterocycles. The van der Waals surface area contributed by atoms with Crippen molar-refractivity contribution in [2.24, 2.45) is 0 Å². The third-order valence-electron chi connectivity index (χ3n) is 3.53. The Morgan fingerprint density at radius 1 is 1.25 bits per heavy atom. The number of pyridine rings is 1. The zero-order chi connectivity index (χ0) is 13.9. The van der Waals surface area contributed by atoms with E-state index in [2.05, 4.69) is 10.3 Å². The van der Waals surface area contributed by atoms with Crippen LogP contribution in [-0.4, -0.2) is 24.0 Å². The second-order valence-corrected chi connectivity index (χ2v) is 4.92. The maximum atomic E-state index is 12.8. The lowest BCUT2D eigenvalue weighted by Gasteiger charge is -2.22. The van der Waals surface area contributed by atoms with Crippen molar-refractivity contribution in [3.05, 3.63) is 53.9 Å². The summed E-state index contributed by atoms with van der Waals surface area (Å²) in [6, 6.07) is 11.7. The summed E-state index contributed by atoms with van der Waals surface area (Å²) in [5, 5.41) is 3.36. The maximum Gasteiger partial charge on any atom is 0.277 e. The Morgan fingerprint density at radius 2 is 2.10 bits per heavy atom. The SMILES string of the molecule is Cc1cccnc1C(=O)N1CCCNc2ccccc21. The van der Waals surface area contributed by atoms with Crippen LogP contribution in [0.1, 0.15) is 22.5 Å². The van der Waals surface area contributed by atoms with Gasteiger partial charge in [-0.25, -0.2) is 0 Å². The van der Waals surface area contributed by atoms with Crippen molar-refractivity contribution in [2.45, 2.75) is 13.3 Å². The van der Waals surface area contributed by atoms with Crippen molar-refractivity contribution in [2.75, 3.05) is 23.3 Å². The van der Waals surface area contributed by atoms with Crippen molar-refractivity contribution in [3.63, 3.8) is 0 Å². The van der Waals surface area contributed by atoms with Crippen LogP contribution in [0.3, 0.4) is 0 Å². The van der Waals surface area contributed by atoms with Crippen LogP contribution in [0.15, 0.2) is 42.6 Å². The van der Waals surface area contributed by atoms with Crippen molar-refractivity contribution in [1.82, 2.24) is 4.98 Å². The van der Waals surface area contributed by atoms with Crippen LogP contribution in [0.4, 0.5) is 11.4 Å². The second-order valence-electron chi connectivity index (χ2n) is 4.92. The van der Waals surface area contributed by atoms with E-state index in [1.54, 1.807) is 6.20 Å². The van der Waals surface area contributed by atoms with Gasteiger partial charge in [0.1, 0.15) is 5.69 Å². The topological polar surface area (TPSA) is 45.2 Å². The summed E-state index contributed by atoms with van der Waals surface area (Å²) in [7, 11) is 0. The average Bonchev–Trinajstić information content (AvgIpc) is 2.69. The molecule has 0 radical (unpaired) electrons. The first kappa shape index (κ1) is 12.7. The average molecular weight is 267 g/mol. The minimum absolute atomic E-state index is 0.0285. The molecule has 0 aliphatic carbocycles. The van der Waals surface area contributed by atoms with Gasteiger partial charge in [0.15, 0.2) is 0 Å². The number of benzene rings is 1. The first-order valence-electron chi connectivity index (χ1n) is 6.84. The number of hydrogen-bond donors (Lipinski definition) is 1. The summed E-state index contributed by atoms with van der Waals surface area (Å²) in [6.07, 6.45) is 2.59. The molecule has 0 fully saturated rings. The largest absolute Gasteiger partial charge is 0.383 e. The molecule has 1 amide bonds. The summed E-state index contributed by atoms with van der Waals surface area (Å²) in [5.74, 6) is -0.0285. The van der Waals surface area contributed by atoms with Gasteiger partial charge in [-0.2, -0.15) is 0 Å². The molecule has 3 rings (SSSR count). The Labute approximate surface area is 118 Å². The molecule has 0 bridgehead atoms. The third kappa shape index (κ3) is 2.25. The third-order valence-corrected chi connectivity index (χ3v) is 3.53. The quantitative estimate of drug-likeness (QED) is 0.864. The van der Waals surface area contributed by atoms with Crippen molar-refractivity contribution in [3.8, 4) is 0 Å². The van der Waals surface area contributed by atoms with Gasteiger partial charge in [0.25, 0.3) is 5.91 Å². The second kappa shape index (κ2) is 5.33. The molecule has 2 heterocycles. The predicted molar refractivity (Wildman–Crippen MR) is 80.2 cm³/mol. The lowest BCUT2D eigenvalue weighted by atomic mass is 10.1. The van der Waals surface area contributed by atoms with Gasteiger partial charge in [0, 0.05) is 19.3 Å². The number of hydrogen-bond acceptors (Lipinski definition) is 3. The number of nitrogens with zero attached hydrogens (tertiary/aromatic N) is 2. The number of carbonyl (C=O) groups is 1. The number of fused-ring (bicyclic) bond motifs is 1. The molecule has 0 atom stereocenters. The normalized spacial score (nSPS) is 14.2. The van der Waals surface area contributed by atoms with Crippen molar-refractivity contribution in [1.29, 1.82) is 0 Å². The van der Waals surface area contributed by atoms with Crippen molar-refractivity contribution < 1.29 is 4.79 Å². The number of aromatic nitrogens is 1. The lowest BCUT2D eigenvalue weighted by Crippen LogP contribution is -2.32. The number of nitrogens with one attached hydrogen (secondary N) is 1. The molecule has 102 valence electrons. The molecule has 0 spiro atoms. The minimum atomic E-state index is -0.0285. The molecule has 0 saturated carbocycles. The Balaban J connectivity index is 2.02. The van der Waals surface area contributed by atoms with E-state index >= 15 is 0 Å². The van der Waals surface area contributed by atoms with Gasteiger partial charge in [-0.1, -0.05) is 18.2 Å². The Bertz CT molecular complexity index is 639. The first-order chi connectivity index (χ1) is 9.77. The summed E-state index contributed by atoms with van der Waals surface area (Å²) in [4.78, 5) is 18.8. The monoisotopic (exact) mass is 267 g/mol. The molecule has 20 heavy (non-hydrogen) atoms. The molecular weight excluding hydrogens is 250 g/mol. The van der Waals surface area contributed by atoms with Crippen LogP contribution in [0, 0.1) is 6.92 Å². The Hall–Kier alpha value is -2.36. The van der Waals surface area contributed by atoms with E-state index in [1.807, 2.05) is 48.2 Å². The van der Waals surface area contributed by atoms with Gasteiger partial charge in [-0.05, 0) is 37.1 Å². The molecule has 2 aromatic rings. The molecule has 1 aromatic carbocycles. The Morgan fingerprint density at radius 3 is 2.95 bits per heavy atom. The van der Waals surface area contributed by atoms with E-state index < -0.39 is 0 Å². The fourth-order valence-corrected chi connectivity index (χ4v) is 2.49. The minimum Gasteiger partial charge on any atom is -0.383 e. The van der Waals surface area contributed by atoms with Crippen LogP contribution < -0.4 is 10.2 Å². The van der Waals surface area contributed by atoms with Gasteiger partial charge < -0.3 is 10.2 Å². The molecule has 0 unspecified atom stereocenters. The molecular formula is C16H17N3O. The molecule has 0 saturated heterocycles. The van der Waals surface area contributed by atoms with E-state index in [1.165, 1.54) is 0 Å². The molecule has 1 aliphatic heterocycles. The van der Waals surface area contributed by atoms with E-state index in [0.717, 1.165) is 29.9 Å². The maximum absolute atomic E-state index is 12.8. The smallest absolute Gasteiger partial charge is 0.277 e. The summed E-state index contributed by atoms with van der Waals surface area (Å²) in [6.45, 7) is 3.50. The van der Waals surface area contributed by atoms with E-state index in [9.17, 15) is 4.79 Å². The molecule has 1 N–H and O–H groups in total. The summed E-state index contributed by atoms with van der Waals surface area (Å²) >= 11 is 0.